The first-order chi connectivity index (χ1) is 9.02. The Bertz CT molecular complexity index is 580. The van der Waals surface area contributed by atoms with Gasteiger partial charge in [-0.05, 0) is 37.6 Å². The number of aromatic nitrogens is 2. The number of hydrogen-bond acceptors (Lipinski definition) is 2. The number of halogens is 2. The quantitative estimate of drug-likeness (QED) is 0.936. The molecular weight excluding hydrogens is 265 g/mol. The van der Waals surface area contributed by atoms with Gasteiger partial charge in [-0.1, -0.05) is 23.7 Å². The summed E-state index contributed by atoms with van der Waals surface area (Å²) in [4.78, 5) is 0. The molecule has 1 unspecified atom stereocenters. The van der Waals surface area contributed by atoms with E-state index in [-0.39, 0.29) is 11.7 Å². The second kappa shape index (κ2) is 5.72. The molecule has 0 fully saturated rings. The van der Waals surface area contributed by atoms with Gasteiger partial charge in [0.2, 0.25) is 0 Å². The van der Waals surface area contributed by atoms with Crippen LogP contribution in [-0.4, -0.2) is 16.3 Å². The van der Waals surface area contributed by atoms with Crippen molar-refractivity contribution < 1.29 is 4.39 Å². The van der Waals surface area contributed by atoms with Gasteiger partial charge in [0.15, 0.2) is 0 Å². The molecule has 1 aromatic carbocycles. The van der Waals surface area contributed by atoms with E-state index in [0.29, 0.717) is 18.1 Å². The third kappa shape index (κ3) is 2.96. The summed E-state index contributed by atoms with van der Waals surface area (Å²) in [5.74, 6) is -0.207. The van der Waals surface area contributed by atoms with Gasteiger partial charge in [-0.25, -0.2) is 4.39 Å². The minimum absolute atomic E-state index is 0.0381. The molecule has 0 saturated carbocycles. The molecule has 0 amide bonds. The molecule has 0 radical (unpaired) electrons. The van der Waals surface area contributed by atoms with Crippen molar-refractivity contribution in [3.05, 3.63) is 52.1 Å². The van der Waals surface area contributed by atoms with Crippen molar-refractivity contribution in [3.8, 4) is 0 Å². The summed E-state index contributed by atoms with van der Waals surface area (Å²) in [6, 6.07) is 6.54. The van der Waals surface area contributed by atoms with Gasteiger partial charge in [0, 0.05) is 18.5 Å². The molecule has 2 rings (SSSR count). The first-order valence-corrected chi connectivity index (χ1v) is 6.54. The van der Waals surface area contributed by atoms with E-state index < -0.39 is 0 Å². The number of hydrogen-bond donors (Lipinski definition) is 1. The van der Waals surface area contributed by atoms with Crippen LogP contribution in [-0.2, 0) is 13.5 Å². The molecule has 2 N–H and O–H groups in total. The Balaban J connectivity index is 2.29. The monoisotopic (exact) mass is 281 g/mol. The number of aryl methyl sites for hydroxylation is 2. The zero-order valence-electron chi connectivity index (χ0n) is 11.0. The van der Waals surface area contributed by atoms with E-state index in [2.05, 4.69) is 5.10 Å². The maximum absolute atomic E-state index is 13.3. The smallest absolute Gasteiger partial charge is 0.130 e. The Hall–Kier alpha value is -1.39. The van der Waals surface area contributed by atoms with Crippen molar-refractivity contribution in [2.24, 2.45) is 12.8 Å². The summed E-state index contributed by atoms with van der Waals surface area (Å²) >= 11 is 6.22. The van der Waals surface area contributed by atoms with Crippen LogP contribution in [0.1, 0.15) is 22.7 Å². The first-order valence-electron chi connectivity index (χ1n) is 6.16. The Morgan fingerprint density at radius 1 is 1.47 bits per heavy atom. The summed E-state index contributed by atoms with van der Waals surface area (Å²) in [5, 5.41) is 4.90. The molecule has 0 aliphatic carbocycles. The fraction of sp³-hybridized carbons (Fsp3) is 0.357. The van der Waals surface area contributed by atoms with Crippen LogP contribution in [0, 0.1) is 12.7 Å². The highest BCUT2D eigenvalue weighted by atomic mass is 35.5. The fourth-order valence-electron chi connectivity index (χ4n) is 2.25. The van der Waals surface area contributed by atoms with Crippen molar-refractivity contribution in [2.45, 2.75) is 19.3 Å². The van der Waals surface area contributed by atoms with Crippen LogP contribution in [0.4, 0.5) is 4.39 Å². The minimum atomic E-state index is -0.245. The molecule has 0 aliphatic heterocycles. The van der Waals surface area contributed by atoms with Crippen LogP contribution in [0.2, 0.25) is 5.15 Å². The zero-order valence-corrected chi connectivity index (χ0v) is 11.8. The number of nitrogens with zero attached hydrogens (tertiary/aromatic N) is 2. The second-order valence-electron chi connectivity index (χ2n) is 4.67. The average Bonchev–Trinajstić information content (AvgIpc) is 2.61. The summed E-state index contributed by atoms with van der Waals surface area (Å²) in [7, 11) is 1.80. The van der Waals surface area contributed by atoms with Crippen LogP contribution in [0.15, 0.2) is 24.3 Å². The van der Waals surface area contributed by atoms with Gasteiger partial charge in [-0.15, -0.1) is 0 Å². The van der Waals surface area contributed by atoms with Gasteiger partial charge in [-0.2, -0.15) is 5.10 Å². The van der Waals surface area contributed by atoms with E-state index >= 15 is 0 Å². The van der Waals surface area contributed by atoms with Gasteiger partial charge < -0.3 is 5.73 Å². The highest BCUT2D eigenvalue weighted by Crippen LogP contribution is 2.27. The largest absolute Gasteiger partial charge is 0.330 e. The highest BCUT2D eigenvalue weighted by molar-refractivity contribution is 6.30. The van der Waals surface area contributed by atoms with Crippen molar-refractivity contribution in [1.29, 1.82) is 0 Å². The molecule has 1 atom stereocenters. The normalized spacial score (nSPS) is 12.7. The third-order valence-electron chi connectivity index (χ3n) is 3.32. The molecule has 0 aliphatic rings. The molecule has 1 heterocycles. The van der Waals surface area contributed by atoms with Gasteiger partial charge >= 0.3 is 0 Å². The van der Waals surface area contributed by atoms with Crippen LogP contribution in [0.5, 0.6) is 0 Å². The Kier molecular flexibility index (Phi) is 4.22. The van der Waals surface area contributed by atoms with Gasteiger partial charge in [0.25, 0.3) is 0 Å². The lowest BCUT2D eigenvalue weighted by Crippen LogP contribution is -2.15. The second-order valence-corrected chi connectivity index (χ2v) is 5.03. The molecule has 2 aromatic rings. The lowest BCUT2D eigenvalue weighted by molar-refractivity contribution is 0.616. The maximum atomic E-state index is 13.3. The third-order valence-corrected chi connectivity index (χ3v) is 3.80. The molecular formula is C14H17ClFN3. The predicted molar refractivity (Wildman–Crippen MR) is 74.9 cm³/mol. The van der Waals surface area contributed by atoms with Crippen molar-refractivity contribution in [3.63, 3.8) is 0 Å². The molecule has 3 nitrogen and oxygen atoms in total. The summed E-state index contributed by atoms with van der Waals surface area (Å²) in [6.45, 7) is 2.36. The van der Waals surface area contributed by atoms with Crippen molar-refractivity contribution in [2.75, 3.05) is 6.54 Å². The average molecular weight is 282 g/mol. The molecule has 1 aromatic heterocycles. The first kappa shape index (κ1) is 14.0. The minimum Gasteiger partial charge on any atom is -0.330 e. The molecule has 102 valence electrons. The summed E-state index contributed by atoms with van der Waals surface area (Å²) in [6.07, 6.45) is 0.665. The van der Waals surface area contributed by atoms with E-state index in [1.54, 1.807) is 17.8 Å². The Labute approximate surface area is 117 Å². The van der Waals surface area contributed by atoms with Gasteiger partial charge in [0.05, 0.1) is 5.69 Å². The van der Waals surface area contributed by atoms with E-state index in [9.17, 15) is 4.39 Å². The number of nitrogens with two attached hydrogens (primary N) is 1. The lowest BCUT2D eigenvalue weighted by atomic mass is 9.92. The molecule has 0 saturated heterocycles. The Morgan fingerprint density at radius 2 is 2.21 bits per heavy atom. The topological polar surface area (TPSA) is 43.8 Å². The van der Waals surface area contributed by atoms with Gasteiger partial charge in [-0.3, -0.25) is 4.68 Å². The molecule has 0 bridgehead atoms. The van der Waals surface area contributed by atoms with Crippen LogP contribution in [0.3, 0.4) is 0 Å². The van der Waals surface area contributed by atoms with Crippen LogP contribution >= 0.6 is 11.6 Å². The summed E-state index contributed by atoms with van der Waals surface area (Å²) < 4.78 is 14.9. The van der Waals surface area contributed by atoms with Gasteiger partial charge in [0.1, 0.15) is 11.0 Å². The summed E-state index contributed by atoms with van der Waals surface area (Å²) in [5.41, 5.74) is 8.57. The SMILES string of the molecule is Cc1nn(C)c(Cl)c1CC(CN)c1cccc(F)c1. The maximum Gasteiger partial charge on any atom is 0.130 e. The van der Waals surface area contributed by atoms with E-state index in [4.69, 9.17) is 17.3 Å². The van der Waals surface area contributed by atoms with Crippen molar-refractivity contribution >= 4 is 11.6 Å². The van der Waals surface area contributed by atoms with Crippen molar-refractivity contribution in [1.82, 2.24) is 9.78 Å². The lowest BCUT2D eigenvalue weighted by Gasteiger charge is -2.15. The standard InChI is InChI=1S/C14H17ClFN3/c1-9-13(14(15)19(2)18-9)7-11(8-17)10-4-3-5-12(16)6-10/h3-6,11H,7-8,17H2,1-2H3. The van der Waals surface area contributed by atoms with E-state index in [1.165, 1.54) is 12.1 Å². The molecule has 0 spiro atoms. The number of rotatable bonds is 4. The Morgan fingerprint density at radius 3 is 2.74 bits per heavy atom. The fourth-order valence-corrected chi connectivity index (χ4v) is 2.50. The zero-order chi connectivity index (χ0) is 14.0. The molecule has 19 heavy (non-hydrogen) atoms. The number of benzene rings is 1. The van der Waals surface area contributed by atoms with E-state index in [0.717, 1.165) is 16.8 Å². The van der Waals surface area contributed by atoms with E-state index in [1.807, 2.05) is 13.0 Å². The molecule has 5 heteroatoms. The predicted octanol–water partition coefficient (Wildman–Crippen LogP) is 2.81. The van der Waals surface area contributed by atoms with Crippen LogP contribution < -0.4 is 5.73 Å². The van der Waals surface area contributed by atoms with Crippen LogP contribution in [0.25, 0.3) is 0 Å². The highest BCUT2D eigenvalue weighted by Gasteiger charge is 2.18.